The molecule has 0 heterocycles. The van der Waals surface area contributed by atoms with Crippen molar-refractivity contribution >= 4 is 6.60 Å². The summed E-state index contributed by atoms with van der Waals surface area (Å²) in [6.45, 7) is 6.23. The second kappa shape index (κ2) is 4.38. The monoisotopic (exact) mass is 230 g/mol. The Morgan fingerprint density at radius 1 is 0.929 bits per heavy atom. The molecule has 0 aromatic rings. The van der Waals surface area contributed by atoms with E-state index in [1.807, 2.05) is 20.8 Å². The van der Waals surface area contributed by atoms with Crippen molar-refractivity contribution in [3.8, 4) is 0 Å². The van der Waals surface area contributed by atoms with Crippen molar-refractivity contribution in [2.24, 2.45) is 0 Å². The van der Waals surface area contributed by atoms with Crippen LogP contribution in [0.4, 0.5) is 13.2 Å². The van der Waals surface area contributed by atoms with Gasteiger partial charge in [0.15, 0.2) is 0 Å². The minimum atomic E-state index is -3.99. The second-order valence-corrected chi connectivity index (χ2v) is 12.2. The summed E-state index contributed by atoms with van der Waals surface area (Å²) >= 11 is 0. The number of hydrogen-bond donors (Lipinski definition) is 0. The Morgan fingerprint density at radius 2 is 1.29 bits per heavy atom. The van der Waals surface area contributed by atoms with E-state index < -0.39 is 19.2 Å². The van der Waals surface area contributed by atoms with Gasteiger partial charge in [0.2, 0.25) is 0 Å². The van der Waals surface area contributed by atoms with Crippen LogP contribution < -0.4 is 0 Å². The van der Waals surface area contributed by atoms with E-state index in [1.54, 1.807) is 0 Å². The third kappa shape index (κ3) is 3.76. The predicted octanol–water partition coefficient (Wildman–Crippen LogP) is 4.18. The molecule has 0 fully saturated rings. The second-order valence-electron chi connectivity index (χ2n) is 4.64. The summed E-state index contributed by atoms with van der Waals surface area (Å²) in [5.41, 5.74) is 0. The molecule has 0 aromatic heterocycles. The van der Waals surface area contributed by atoms with E-state index >= 15 is 0 Å². The van der Waals surface area contributed by atoms with E-state index in [1.165, 1.54) is 0 Å². The van der Waals surface area contributed by atoms with Crippen molar-refractivity contribution in [2.75, 3.05) is 31.3 Å². The third-order valence-electron chi connectivity index (χ3n) is 4.05. The molecular weight excluding hydrogens is 208 g/mol. The molecule has 0 rings (SSSR count). The Morgan fingerprint density at radius 3 is 1.50 bits per heavy atom. The molecule has 0 aromatic carbocycles. The van der Waals surface area contributed by atoms with Crippen LogP contribution in [0, 0.1) is 0 Å². The Hall–Kier alpha value is 0.220. The SMILES string of the molecule is CCP(C)(CC)(CC)CCC(F)(F)F. The number of hydrogen-bond acceptors (Lipinski definition) is 0. The van der Waals surface area contributed by atoms with Crippen LogP contribution in [0.5, 0.6) is 0 Å². The quantitative estimate of drug-likeness (QED) is 0.621. The molecular formula is C10H22F3P. The summed E-state index contributed by atoms with van der Waals surface area (Å²) in [6, 6.07) is 0. The van der Waals surface area contributed by atoms with Gasteiger partial charge in [0, 0.05) is 0 Å². The standard InChI is InChI=1S/C10H22F3P/c1-5-14(4,6-2,7-3)9-8-10(11,12)13/h5-9H2,1-4H3. The van der Waals surface area contributed by atoms with E-state index in [9.17, 15) is 13.2 Å². The first-order valence-electron chi connectivity index (χ1n) is 5.25. The van der Waals surface area contributed by atoms with Crippen LogP contribution in [-0.4, -0.2) is 37.5 Å². The Bertz CT molecular complexity index is 171. The van der Waals surface area contributed by atoms with Gasteiger partial charge < -0.3 is 0 Å². The molecule has 0 N–H and O–H groups in total. The molecule has 14 heavy (non-hydrogen) atoms. The molecule has 0 bridgehead atoms. The first-order chi connectivity index (χ1) is 6.19. The number of rotatable bonds is 5. The van der Waals surface area contributed by atoms with Crippen LogP contribution in [-0.2, 0) is 0 Å². The third-order valence-corrected chi connectivity index (χ3v) is 11.6. The fraction of sp³-hybridized carbons (Fsp3) is 1.00. The van der Waals surface area contributed by atoms with Crippen LogP contribution in [0.2, 0.25) is 0 Å². The van der Waals surface area contributed by atoms with E-state index in [4.69, 9.17) is 0 Å². The average Bonchev–Trinajstić information content (AvgIpc) is 2.14. The average molecular weight is 230 g/mol. The summed E-state index contributed by atoms with van der Waals surface area (Å²) in [7, 11) is 0. The summed E-state index contributed by atoms with van der Waals surface area (Å²) in [6.07, 6.45) is -1.40. The topological polar surface area (TPSA) is 0 Å². The van der Waals surface area contributed by atoms with Crippen LogP contribution in [0.15, 0.2) is 0 Å². The number of halogens is 3. The molecule has 0 nitrogen and oxygen atoms in total. The number of alkyl halides is 3. The van der Waals surface area contributed by atoms with Gasteiger partial charge in [-0.15, -0.1) is 0 Å². The molecule has 0 aliphatic heterocycles. The Kier molecular flexibility index (Phi) is 4.45. The van der Waals surface area contributed by atoms with Gasteiger partial charge in [0.25, 0.3) is 0 Å². The zero-order valence-corrected chi connectivity index (χ0v) is 10.5. The van der Waals surface area contributed by atoms with E-state index in [-0.39, 0.29) is 0 Å². The minimum absolute atomic E-state index is 0.374. The summed E-state index contributed by atoms with van der Waals surface area (Å²) in [4.78, 5) is 0. The molecule has 0 saturated heterocycles. The van der Waals surface area contributed by atoms with Gasteiger partial charge >= 0.3 is 84.5 Å². The Balaban J connectivity index is 4.54. The van der Waals surface area contributed by atoms with Gasteiger partial charge in [-0.25, -0.2) is 0 Å². The van der Waals surface area contributed by atoms with Gasteiger partial charge in [-0.2, -0.15) is 0 Å². The van der Waals surface area contributed by atoms with Crippen LogP contribution in [0.3, 0.4) is 0 Å². The molecule has 0 unspecified atom stereocenters. The normalized spacial score (nSPS) is 16.4. The summed E-state index contributed by atoms with van der Waals surface area (Å²) in [5.74, 6) is 0. The molecule has 0 aliphatic rings. The summed E-state index contributed by atoms with van der Waals surface area (Å²) in [5, 5.41) is 0. The van der Waals surface area contributed by atoms with E-state index in [0.29, 0.717) is 6.16 Å². The van der Waals surface area contributed by atoms with Crippen LogP contribution in [0.25, 0.3) is 0 Å². The first kappa shape index (κ1) is 14.2. The van der Waals surface area contributed by atoms with E-state index in [0.717, 1.165) is 18.5 Å². The fourth-order valence-electron chi connectivity index (χ4n) is 1.62. The molecule has 0 atom stereocenters. The van der Waals surface area contributed by atoms with Crippen molar-refractivity contribution < 1.29 is 13.2 Å². The molecule has 0 spiro atoms. The first-order valence-corrected chi connectivity index (χ1v) is 8.68. The molecule has 0 saturated carbocycles. The fourth-order valence-corrected chi connectivity index (χ4v) is 4.86. The van der Waals surface area contributed by atoms with E-state index in [2.05, 4.69) is 6.66 Å². The zero-order chi connectivity index (χ0) is 11.5. The molecule has 0 amide bonds. The van der Waals surface area contributed by atoms with Gasteiger partial charge in [-0.1, -0.05) is 0 Å². The van der Waals surface area contributed by atoms with Crippen LogP contribution in [0.1, 0.15) is 27.2 Å². The summed E-state index contributed by atoms with van der Waals surface area (Å²) < 4.78 is 36.6. The van der Waals surface area contributed by atoms with Gasteiger partial charge in [-0.05, 0) is 0 Å². The maximum atomic E-state index is 12.2. The maximum absolute atomic E-state index is 12.2. The molecule has 0 aliphatic carbocycles. The van der Waals surface area contributed by atoms with Gasteiger partial charge in [0.1, 0.15) is 0 Å². The molecule has 88 valence electrons. The predicted molar refractivity (Wildman–Crippen MR) is 60.0 cm³/mol. The van der Waals surface area contributed by atoms with Crippen LogP contribution >= 0.6 is 6.60 Å². The molecule has 0 radical (unpaired) electrons. The van der Waals surface area contributed by atoms with Crippen molar-refractivity contribution in [1.29, 1.82) is 0 Å². The van der Waals surface area contributed by atoms with Crippen molar-refractivity contribution in [2.45, 2.75) is 33.4 Å². The van der Waals surface area contributed by atoms with Gasteiger partial charge in [-0.3, -0.25) is 0 Å². The van der Waals surface area contributed by atoms with Crippen molar-refractivity contribution in [1.82, 2.24) is 0 Å². The zero-order valence-electron chi connectivity index (χ0n) is 9.62. The van der Waals surface area contributed by atoms with Crippen molar-refractivity contribution in [3.63, 3.8) is 0 Å². The van der Waals surface area contributed by atoms with Gasteiger partial charge in [0.05, 0.1) is 0 Å². The Labute approximate surface area is 85.2 Å². The van der Waals surface area contributed by atoms with Crippen molar-refractivity contribution in [3.05, 3.63) is 0 Å². The molecule has 4 heteroatoms.